The number of nitrogens with one attached hydrogen (secondary N) is 1. The van der Waals surface area contributed by atoms with Crippen molar-refractivity contribution >= 4 is 5.97 Å². The van der Waals surface area contributed by atoms with Crippen LogP contribution in [0.4, 0.5) is 0 Å². The smallest absolute Gasteiger partial charge is 0.344 e. The molecule has 0 aliphatic carbocycles. The lowest BCUT2D eigenvalue weighted by Gasteiger charge is -2.12. The van der Waals surface area contributed by atoms with E-state index in [-0.39, 0.29) is 5.56 Å². The van der Waals surface area contributed by atoms with Gasteiger partial charge >= 0.3 is 5.97 Å². The lowest BCUT2D eigenvalue weighted by Crippen LogP contribution is -2.21. The lowest BCUT2D eigenvalue weighted by molar-refractivity contribution is 0.0327. The van der Waals surface area contributed by atoms with Crippen LogP contribution >= 0.6 is 0 Å². The van der Waals surface area contributed by atoms with Gasteiger partial charge in [-0.3, -0.25) is 9.78 Å². The van der Waals surface area contributed by atoms with Gasteiger partial charge in [-0.15, -0.1) is 0 Å². The zero-order valence-corrected chi connectivity index (χ0v) is 10.7. The minimum atomic E-state index is -0.653. The van der Waals surface area contributed by atoms with Gasteiger partial charge in [-0.2, -0.15) is 0 Å². The van der Waals surface area contributed by atoms with Gasteiger partial charge in [0.2, 0.25) is 0 Å². The van der Waals surface area contributed by atoms with Gasteiger partial charge in [-0.05, 0) is 38.1 Å². The Labute approximate surface area is 110 Å². The van der Waals surface area contributed by atoms with E-state index in [9.17, 15) is 9.59 Å². The average molecular weight is 258 g/mol. The second-order valence-corrected chi connectivity index (χ2v) is 4.19. The largest absolute Gasteiger partial charge is 0.452 e. The van der Waals surface area contributed by atoms with Crippen LogP contribution in [-0.2, 0) is 4.74 Å². The van der Waals surface area contributed by atoms with Crippen molar-refractivity contribution in [1.82, 2.24) is 9.97 Å². The molecule has 2 aromatic heterocycles. The summed E-state index contributed by atoms with van der Waals surface area (Å²) in [5.74, 6) is -0.653. The number of carbonyl (C=O) groups excluding carboxylic acids is 1. The Balaban J connectivity index is 2.15. The fraction of sp³-hybridized carbons (Fsp3) is 0.214. The molecular formula is C14H14N2O3. The second-order valence-electron chi connectivity index (χ2n) is 4.19. The van der Waals surface area contributed by atoms with Crippen molar-refractivity contribution < 1.29 is 9.53 Å². The molecule has 2 rings (SSSR count). The van der Waals surface area contributed by atoms with Gasteiger partial charge in [-0.25, -0.2) is 4.79 Å². The van der Waals surface area contributed by atoms with Crippen molar-refractivity contribution in [3.8, 4) is 0 Å². The van der Waals surface area contributed by atoms with E-state index in [1.807, 2.05) is 6.07 Å². The third kappa shape index (κ3) is 3.07. The number of ether oxygens (including phenoxy) is 1. The number of pyridine rings is 2. The Hall–Kier alpha value is -2.43. The van der Waals surface area contributed by atoms with Gasteiger partial charge in [0.25, 0.3) is 5.56 Å². The number of aromatic nitrogens is 2. The molecule has 0 saturated heterocycles. The monoisotopic (exact) mass is 258 g/mol. The van der Waals surface area contributed by atoms with E-state index in [0.717, 1.165) is 0 Å². The summed E-state index contributed by atoms with van der Waals surface area (Å²) in [4.78, 5) is 30.2. The van der Waals surface area contributed by atoms with Crippen LogP contribution in [0.25, 0.3) is 0 Å². The molecule has 0 aliphatic rings. The molecule has 1 N–H and O–H groups in total. The molecule has 0 unspecified atom stereocenters. The first-order valence-electron chi connectivity index (χ1n) is 5.90. The van der Waals surface area contributed by atoms with Crippen molar-refractivity contribution in [3.63, 3.8) is 0 Å². The Kier molecular flexibility index (Phi) is 3.75. The summed E-state index contributed by atoms with van der Waals surface area (Å²) >= 11 is 0. The normalized spacial score (nSPS) is 11.9. The fourth-order valence-electron chi connectivity index (χ4n) is 1.63. The molecule has 0 bridgehead atoms. The molecule has 5 heteroatoms. The van der Waals surface area contributed by atoms with Gasteiger partial charge < -0.3 is 9.72 Å². The van der Waals surface area contributed by atoms with Gasteiger partial charge in [0.1, 0.15) is 11.7 Å². The highest BCUT2D eigenvalue weighted by atomic mass is 16.5. The highest BCUT2D eigenvalue weighted by Gasteiger charge is 2.17. The van der Waals surface area contributed by atoms with Gasteiger partial charge in [0.05, 0.1) is 5.69 Å². The molecule has 0 fully saturated rings. The molecule has 1 atom stereocenters. The number of nitrogens with zero attached hydrogens (tertiary/aromatic N) is 1. The minimum Gasteiger partial charge on any atom is -0.452 e. The number of esters is 1. The Morgan fingerprint density at radius 3 is 2.74 bits per heavy atom. The standard InChI is InChI=1S/C14H14N2O3/c1-9-6-7-11(13(17)16-9)14(18)19-10(2)12-5-3-4-8-15-12/h3-8,10H,1-2H3,(H,16,17)/t10-/m0/s1. The van der Waals surface area contributed by atoms with Gasteiger partial charge in [-0.1, -0.05) is 6.07 Å². The fourth-order valence-corrected chi connectivity index (χ4v) is 1.63. The first kappa shape index (κ1) is 13.0. The Bertz CT molecular complexity index is 635. The molecule has 0 radical (unpaired) electrons. The summed E-state index contributed by atoms with van der Waals surface area (Å²) in [5, 5.41) is 0. The van der Waals surface area contributed by atoms with E-state index in [1.54, 1.807) is 38.2 Å². The topological polar surface area (TPSA) is 72.0 Å². The summed E-state index contributed by atoms with van der Waals surface area (Å²) < 4.78 is 5.22. The van der Waals surface area contributed by atoms with Crippen molar-refractivity contribution in [3.05, 3.63) is 63.8 Å². The molecule has 0 amide bonds. The van der Waals surface area contributed by atoms with Gasteiger partial charge in [0.15, 0.2) is 0 Å². The molecule has 0 saturated carbocycles. The molecule has 19 heavy (non-hydrogen) atoms. The number of carbonyl (C=O) groups is 1. The van der Waals surface area contributed by atoms with Crippen LogP contribution in [0.5, 0.6) is 0 Å². The zero-order chi connectivity index (χ0) is 13.8. The van der Waals surface area contributed by atoms with Crippen LogP contribution in [0.1, 0.15) is 34.8 Å². The minimum absolute atomic E-state index is 0.00613. The third-order valence-electron chi connectivity index (χ3n) is 2.66. The maximum atomic E-state index is 11.9. The first-order valence-corrected chi connectivity index (χ1v) is 5.90. The van der Waals surface area contributed by atoms with Crippen LogP contribution in [0.2, 0.25) is 0 Å². The molecule has 2 aromatic rings. The Morgan fingerprint density at radius 1 is 1.32 bits per heavy atom. The predicted octanol–water partition coefficient (Wildman–Crippen LogP) is 2.00. The predicted molar refractivity (Wildman–Crippen MR) is 69.9 cm³/mol. The van der Waals surface area contributed by atoms with Crippen LogP contribution in [-0.4, -0.2) is 15.9 Å². The van der Waals surface area contributed by atoms with Crippen molar-refractivity contribution in [2.24, 2.45) is 0 Å². The van der Waals surface area contributed by atoms with Gasteiger partial charge in [0, 0.05) is 11.9 Å². The number of H-pyrrole nitrogens is 1. The number of hydrogen-bond acceptors (Lipinski definition) is 4. The average Bonchev–Trinajstić information content (AvgIpc) is 2.39. The van der Waals surface area contributed by atoms with Crippen LogP contribution < -0.4 is 5.56 Å². The van der Waals surface area contributed by atoms with Crippen LogP contribution in [0.15, 0.2) is 41.3 Å². The van der Waals surface area contributed by atoms with E-state index < -0.39 is 17.6 Å². The van der Waals surface area contributed by atoms with E-state index in [4.69, 9.17) is 4.74 Å². The number of hydrogen-bond donors (Lipinski definition) is 1. The quantitative estimate of drug-likeness (QED) is 0.855. The second kappa shape index (κ2) is 5.48. The first-order chi connectivity index (χ1) is 9.08. The van der Waals surface area contributed by atoms with Crippen molar-refractivity contribution in [2.45, 2.75) is 20.0 Å². The maximum Gasteiger partial charge on any atom is 0.344 e. The molecule has 0 aliphatic heterocycles. The lowest BCUT2D eigenvalue weighted by atomic mass is 10.2. The zero-order valence-electron chi connectivity index (χ0n) is 10.7. The SMILES string of the molecule is Cc1ccc(C(=O)O[C@@H](C)c2ccccn2)c(=O)[nH]1. The highest BCUT2D eigenvalue weighted by molar-refractivity contribution is 5.89. The number of rotatable bonds is 3. The third-order valence-corrected chi connectivity index (χ3v) is 2.66. The van der Waals surface area contributed by atoms with E-state index in [1.165, 1.54) is 6.07 Å². The molecule has 0 spiro atoms. The molecule has 0 aromatic carbocycles. The number of aromatic amines is 1. The molecule has 98 valence electrons. The van der Waals surface area contributed by atoms with E-state index in [2.05, 4.69) is 9.97 Å². The highest BCUT2D eigenvalue weighted by Crippen LogP contribution is 2.14. The summed E-state index contributed by atoms with van der Waals surface area (Å²) in [6.45, 7) is 3.45. The summed E-state index contributed by atoms with van der Waals surface area (Å²) in [6, 6.07) is 8.47. The molecule has 5 nitrogen and oxygen atoms in total. The van der Waals surface area contributed by atoms with Crippen molar-refractivity contribution in [2.75, 3.05) is 0 Å². The molecule has 2 heterocycles. The summed E-state index contributed by atoms with van der Waals surface area (Å²) in [7, 11) is 0. The maximum absolute atomic E-state index is 11.9. The summed E-state index contributed by atoms with van der Waals surface area (Å²) in [6.07, 6.45) is 1.12. The summed E-state index contributed by atoms with van der Waals surface area (Å²) in [5.41, 5.74) is 0.880. The van der Waals surface area contributed by atoms with Crippen LogP contribution in [0, 0.1) is 6.92 Å². The molecular weight excluding hydrogens is 244 g/mol. The van der Waals surface area contributed by atoms with E-state index in [0.29, 0.717) is 11.4 Å². The van der Waals surface area contributed by atoms with E-state index >= 15 is 0 Å². The number of aryl methyl sites for hydroxylation is 1. The van der Waals surface area contributed by atoms with Crippen LogP contribution in [0.3, 0.4) is 0 Å². The van der Waals surface area contributed by atoms with Crippen molar-refractivity contribution in [1.29, 1.82) is 0 Å². The Morgan fingerprint density at radius 2 is 2.11 bits per heavy atom.